The highest BCUT2D eigenvalue weighted by Crippen LogP contribution is 2.16. The molecule has 90 valence electrons. The third-order valence-corrected chi connectivity index (χ3v) is 3.29. The first-order chi connectivity index (χ1) is 8.33. The lowest BCUT2D eigenvalue weighted by atomic mass is 10.1. The molecule has 17 heavy (non-hydrogen) atoms. The summed E-state index contributed by atoms with van der Waals surface area (Å²) < 4.78 is 7.57. The van der Waals surface area contributed by atoms with E-state index < -0.39 is 0 Å². The van der Waals surface area contributed by atoms with Gasteiger partial charge in [0.15, 0.2) is 11.5 Å². The van der Waals surface area contributed by atoms with Gasteiger partial charge in [-0.1, -0.05) is 6.07 Å². The van der Waals surface area contributed by atoms with Gasteiger partial charge in [0.2, 0.25) is 0 Å². The van der Waals surface area contributed by atoms with Gasteiger partial charge in [0, 0.05) is 19.2 Å². The molecular weight excluding hydrogens is 214 g/mol. The molecule has 3 heterocycles. The number of ether oxygens (including phenoxy) is 1. The fraction of sp³-hybridized carbons (Fsp3) is 0.538. The van der Waals surface area contributed by atoms with Crippen LogP contribution in [-0.4, -0.2) is 27.3 Å². The lowest BCUT2D eigenvalue weighted by Gasteiger charge is -2.20. The van der Waals surface area contributed by atoms with Gasteiger partial charge in [0.25, 0.3) is 0 Å². The van der Waals surface area contributed by atoms with Gasteiger partial charge < -0.3 is 4.74 Å². The molecule has 0 spiro atoms. The van der Waals surface area contributed by atoms with Crippen LogP contribution in [0.25, 0.3) is 5.65 Å². The summed E-state index contributed by atoms with van der Waals surface area (Å²) in [4.78, 5) is 4.58. The van der Waals surface area contributed by atoms with Crippen molar-refractivity contribution in [2.24, 2.45) is 0 Å². The summed E-state index contributed by atoms with van der Waals surface area (Å²) >= 11 is 0. The van der Waals surface area contributed by atoms with Crippen LogP contribution in [0.1, 0.15) is 30.7 Å². The summed E-state index contributed by atoms with van der Waals surface area (Å²) in [5, 5.41) is 4.49. The maximum Gasteiger partial charge on any atom is 0.158 e. The molecule has 3 rings (SSSR count). The zero-order chi connectivity index (χ0) is 11.7. The molecule has 0 aromatic carbocycles. The Morgan fingerprint density at radius 3 is 3.18 bits per heavy atom. The van der Waals surface area contributed by atoms with Crippen molar-refractivity contribution in [2.75, 3.05) is 6.61 Å². The van der Waals surface area contributed by atoms with Gasteiger partial charge in [-0.2, -0.15) is 5.10 Å². The number of rotatable bonds is 2. The molecule has 1 atom stereocenters. The summed E-state index contributed by atoms with van der Waals surface area (Å²) in [5.74, 6) is 0.895. The average molecular weight is 231 g/mol. The summed E-state index contributed by atoms with van der Waals surface area (Å²) in [6.45, 7) is 2.95. The molecule has 2 aromatic heterocycles. The molecule has 1 fully saturated rings. The van der Waals surface area contributed by atoms with E-state index in [0.29, 0.717) is 6.10 Å². The quantitative estimate of drug-likeness (QED) is 0.795. The van der Waals surface area contributed by atoms with Crippen LogP contribution in [-0.2, 0) is 11.2 Å². The standard InChI is InChI=1S/C13H17N3O/c1-10-5-4-7-16-13(10)14-12(15-16)9-11-6-2-3-8-17-11/h4-5,7,11H,2-3,6,8-9H2,1H3. The predicted octanol–water partition coefficient (Wildman–Crippen LogP) is 2.15. The average Bonchev–Trinajstić information content (AvgIpc) is 2.74. The minimum absolute atomic E-state index is 0.307. The van der Waals surface area contributed by atoms with Crippen molar-refractivity contribution < 1.29 is 4.74 Å². The van der Waals surface area contributed by atoms with Crippen LogP contribution in [0.15, 0.2) is 18.3 Å². The highest BCUT2D eigenvalue weighted by atomic mass is 16.5. The van der Waals surface area contributed by atoms with Crippen LogP contribution in [0.5, 0.6) is 0 Å². The summed E-state index contributed by atoms with van der Waals surface area (Å²) in [6, 6.07) is 4.06. The highest BCUT2D eigenvalue weighted by molar-refractivity contribution is 5.45. The molecule has 1 unspecified atom stereocenters. The Hall–Kier alpha value is -1.42. The molecule has 0 bridgehead atoms. The van der Waals surface area contributed by atoms with Gasteiger partial charge in [0.05, 0.1) is 6.10 Å². The normalized spacial score (nSPS) is 20.9. The highest BCUT2D eigenvalue weighted by Gasteiger charge is 2.17. The third-order valence-electron chi connectivity index (χ3n) is 3.29. The summed E-state index contributed by atoms with van der Waals surface area (Å²) in [5.41, 5.74) is 2.12. The van der Waals surface area contributed by atoms with Gasteiger partial charge in [-0.25, -0.2) is 9.50 Å². The van der Waals surface area contributed by atoms with E-state index in [9.17, 15) is 0 Å². The number of nitrogens with zero attached hydrogens (tertiary/aromatic N) is 3. The van der Waals surface area contributed by atoms with Crippen molar-refractivity contribution in [3.63, 3.8) is 0 Å². The smallest absolute Gasteiger partial charge is 0.158 e. The molecule has 1 aliphatic rings. The molecule has 0 radical (unpaired) electrons. The van der Waals surface area contributed by atoms with E-state index in [2.05, 4.69) is 23.1 Å². The largest absolute Gasteiger partial charge is 0.378 e. The van der Waals surface area contributed by atoms with Crippen LogP contribution in [0.4, 0.5) is 0 Å². The predicted molar refractivity (Wildman–Crippen MR) is 65.0 cm³/mol. The molecule has 0 saturated carbocycles. The van der Waals surface area contributed by atoms with Crippen molar-refractivity contribution in [1.29, 1.82) is 0 Å². The second-order valence-corrected chi connectivity index (χ2v) is 4.68. The van der Waals surface area contributed by atoms with Crippen LogP contribution in [0.3, 0.4) is 0 Å². The minimum atomic E-state index is 0.307. The number of aromatic nitrogens is 3. The van der Waals surface area contributed by atoms with Gasteiger partial charge in [0.1, 0.15) is 0 Å². The van der Waals surface area contributed by atoms with E-state index in [0.717, 1.165) is 36.5 Å². The molecule has 0 amide bonds. The summed E-state index contributed by atoms with van der Waals surface area (Å²) in [7, 11) is 0. The molecule has 1 saturated heterocycles. The van der Waals surface area contributed by atoms with Crippen LogP contribution in [0, 0.1) is 6.92 Å². The first kappa shape index (κ1) is 10.7. The number of pyridine rings is 1. The van der Waals surface area contributed by atoms with Crippen LogP contribution in [0.2, 0.25) is 0 Å². The SMILES string of the molecule is Cc1cccn2nc(CC3CCCCO3)nc12. The third kappa shape index (κ3) is 2.17. The maximum absolute atomic E-state index is 5.72. The maximum atomic E-state index is 5.72. The molecule has 0 N–H and O–H groups in total. The van der Waals surface area contributed by atoms with E-state index in [4.69, 9.17) is 4.74 Å². The van der Waals surface area contributed by atoms with E-state index in [1.165, 1.54) is 12.8 Å². The van der Waals surface area contributed by atoms with Crippen LogP contribution >= 0.6 is 0 Å². The second kappa shape index (κ2) is 4.45. The van der Waals surface area contributed by atoms with Crippen molar-refractivity contribution in [2.45, 2.75) is 38.7 Å². The van der Waals surface area contributed by atoms with Gasteiger partial charge in [-0.15, -0.1) is 0 Å². The number of hydrogen-bond acceptors (Lipinski definition) is 3. The fourth-order valence-corrected chi connectivity index (χ4v) is 2.34. The van der Waals surface area contributed by atoms with E-state index in [-0.39, 0.29) is 0 Å². The lowest BCUT2D eigenvalue weighted by molar-refractivity contribution is 0.0157. The second-order valence-electron chi connectivity index (χ2n) is 4.68. The number of aryl methyl sites for hydroxylation is 1. The number of fused-ring (bicyclic) bond motifs is 1. The lowest BCUT2D eigenvalue weighted by Crippen LogP contribution is -2.21. The Morgan fingerprint density at radius 2 is 2.41 bits per heavy atom. The zero-order valence-corrected chi connectivity index (χ0v) is 10.1. The Bertz CT molecular complexity index is 514. The summed E-state index contributed by atoms with van der Waals surface area (Å²) in [6.07, 6.45) is 6.67. The van der Waals surface area contributed by atoms with Gasteiger partial charge >= 0.3 is 0 Å². The van der Waals surface area contributed by atoms with Gasteiger partial charge in [-0.05, 0) is 37.8 Å². The Labute approximate surface area is 101 Å². The topological polar surface area (TPSA) is 39.4 Å². The molecule has 4 heteroatoms. The molecule has 1 aliphatic heterocycles. The molecule has 0 aliphatic carbocycles. The Kier molecular flexibility index (Phi) is 2.81. The Balaban J connectivity index is 1.83. The molecule has 4 nitrogen and oxygen atoms in total. The van der Waals surface area contributed by atoms with Crippen molar-refractivity contribution in [3.8, 4) is 0 Å². The number of hydrogen-bond donors (Lipinski definition) is 0. The first-order valence-electron chi connectivity index (χ1n) is 6.25. The van der Waals surface area contributed by atoms with Gasteiger partial charge in [-0.3, -0.25) is 0 Å². The van der Waals surface area contributed by atoms with Crippen molar-refractivity contribution in [1.82, 2.24) is 14.6 Å². The van der Waals surface area contributed by atoms with E-state index >= 15 is 0 Å². The first-order valence-corrected chi connectivity index (χ1v) is 6.25. The molecule has 2 aromatic rings. The Morgan fingerprint density at radius 1 is 1.47 bits per heavy atom. The fourth-order valence-electron chi connectivity index (χ4n) is 2.34. The van der Waals surface area contributed by atoms with Crippen molar-refractivity contribution in [3.05, 3.63) is 29.7 Å². The minimum Gasteiger partial charge on any atom is -0.378 e. The van der Waals surface area contributed by atoms with E-state index in [1.807, 2.05) is 16.8 Å². The zero-order valence-electron chi connectivity index (χ0n) is 10.1. The van der Waals surface area contributed by atoms with Crippen molar-refractivity contribution >= 4 is 5.65 Å². The monoisotopic (exact) mass is 231 g/mol. The van der Waals surface area contributed by atoms with Crippen LogP contribution < -0.4 is 0 Å². The van der Waals surface area contributed by atoms with E-state index in [1.54, 1.807) is 0 Å². The molecular formula is C13H17N3O.